The Balaban J connectivity index is 1.57. The van der Waals surface area contributed by atoms with Crippen molar-refractivity contribution in [1.82, 2.24) is 24.8 Å². The Morgan fingerprint density at radius 1 is 1.33 bits per heavy atom. The average Bonchev–Trinajstić information content (AvgIpc) is 3.12. The summed E-state index contributed by atoms with van der Waals surface area (Å²) in [5, 5.41) is 1.98. The van der Waals surface area contributed by atoms with Crippen LogP contribution in [0.1, 0.15) is 16.8 Å². The number of nitrogens with zero attached hydrogens (tertiary/aromatic N) is 4. The second-order valence-corrected chi connectivity index (χ2v) is 6.67. The zero-order valence-electron chi connectivity index (χ0n) is 12.9. The van der Waals surface area contributed by atoms with Gasteiger partial charge in [-0.05, 0) is 11.4 Å². The Morgan fingerprint density at radius 3 is 2.92 bits per heavy atom. The summed E-state index contributed by atoms with van der Waals surface area (Å²) in [4.78, 5) is 31.2. The van der Waals surface area contributed by atoms with Gasteiger partial charge in [-0.3, -0.25) is 9.69 Å². The number of nitrogens with one attached hydrogen (secondary N) is 1. The smallest absolute Gasteiger partial charge is 0.255 e. The first-order valence-corrected chi connectivity index (χ1v) is 8.52. The van der Waals surface area contributed by atoms with Crippen molar-refractivity contribution < 1.29 is 0 Å². The minimum absolute atomic E-state index is 0.0540. The minimum atomic E-state index is -0.0540. The molecule has 0 saturated heterocycles. The number of nitrogens with two attached hydrogens (primary N) is 1. The summed E-state index contributed by atoms with van der Waals surface area (Å²) < 4.78 is 0. The average molecular weight is 340 g/mol. The largest absolute Gasteiger partial charge is 0.368 e. The molecule has 3 N–H and O–H groups in total. The van der Waals surface area contributed by atoms with Crippen LogP contribution in [0, 0.1) is 0 Å². The highest BCUT2D eigenvalue weighted by Gasteiger charge is 2.21. The van der Waals surface area contributed by atoms with Crippen LogP contribution in [0.15, 0.2) is 34.7 Å². The molecule has 0 radical (unpaired) electrons. The molecule has 1 aliphatic heterocycles. The van der Waals surface area contributed by atoms with Gasteiger partial charge in [0, 0.05) is 44.0 Å². The Bertz CT molecular complexity index is 903. The van der Waals surface area contributed by atoms with Gasteiger partial charge in [0.25, 0.3) is 5.56 Å². The zero-order valence-corrected chi connectivity index (χ0v) is 13.7. The number of rotatable bonds is 3. The lowest BCUT2D eigenvalue weighted by atomic mass is 10.1. The van der Waals surface area contributed by atoms with Gasteiger partial charge in [0.05, 0.1) is 16.1 Å². The van der Waals surface area contributed by atoms with Gasteiger partial charge >= 0.3 is 0 Å². The third-order valence-corrected chi connectivity index (χ3v) is 4.91. The van der Waals surface area contributed by atoms with Crippen LogP contribution in [0.5, 0.6) is 0 Å². The summed E-state index contributed by atoms with van der Waals surface area (Å²) in [6.07, 6.45) is 4.20. The van der Waals surface area contributed by atoms with Gasteiger partial charge in [0.2, 0.25) is 5.95 Å². The Labute approximate surface area is 142 Å². The SMILES string of the molecule is Nc1ncc(CN2CCc3nc(-c4cccs4)[nH]c(=O)c3C2)cn1. The van der Waals surface area contributed by atoms with Crippen LogP contribution in [0.2, 0.25) is 0 Å². The number of nitrogen functional groups attached to an aromatic ring is 1. The predicted molar refractivity (Wildman–Crippen MR) is 92.4 cm³/mol. The zero-order chi connectivity index (χ0) is 16.5. The van der Waals surface area contributed by atoms with Gasteiger partial charge in [0.1, 0.15) is 0 Å². The Morgan fingerprint density at radius 2 is 2.17 bits per heavy atom. The Kier molecular flexibility index (Phi) is 3.83. The van der Waals surface area contributed by atoms with Crippen molar-refractivity contribution in [3.63, 3.8) is 0 Å². The molecule has 0 atom stereocenters. The van der Waals surface area contributed by atoms with Crippen molar-refractivity contribution in [3.05, 3.63) is 57.1 Å². The Hall–Kier alpha value is -2.58. The van der Waals surface area contributed by atoms with E-state index in [1.807, 2.05) is 17.5 Å². The predicted octanol–water partition coefficient (Wildman–Crippen LogP) is 1.43. The fourth-order valence-electron chi connectivity index (χ4n) is 2.85. The molecule has 122 valence electrons. The molecule has 0 saturated carbocycles. The second kappa shape index (κ2) is 6.14. The van der Waals surface area contributed by atoms with E-state index in [0.29, 0.717) is 18.9 Å². The fraction of sp³-hybridized carbons (Fsp3) is 0.250. The van der Waals surface area contributed by atoms with E-state index in [1.54, 1.807) is 23.7 Å². The summed E-state index contributed by atoms with van der Waals surface area (Å²) in [6, 6.07) is 3.92. The second-order valence-electron chi connectivity index (χ2n) is 5.73. The van der Waals surface area contributed by atoms with E-state index >= 15 is 0 Å². The maximum absolute atomic E-state index is 12.5. The molecule has 0 unspecified atom stereocenters. The molecule has 0 fully saturated rings. The molecule has 4 rings (SSSR count). The van der Waals surface area contributed by atoms with E-state index in [0.717, 1.165) is 34.7 Å². The highest BCUT2D eigenvalue weighted by atomic mass is 32.1. The van der Waals surface area contributed by atoms with Gasteiger partial charge in [0.15, 0.2) is 5.82 Å². The van der Waals surface area contributed by atoms with E-state index in [2.05, 4.69) is 24.8 Å². The summed E-state index contributed by atoms with van der Waals surface area (Å²) in [5.74, 6) is 0.929. The number of thiophene rings is 1. The van der Waals surface area contributed by atoms with Crippen LogP contribution >= 0.6 is 11.3 Å². The van der Waals surface area contributed by atoms with E-state index in [-0.39, 0.29) is 11.5 Å². The number of fused-ring (bicyclic) bond motifs is 1. The first-order valence-electron chi connectivity index (χ1n) is 7.64. The van der Waals surface area contributed by atoms with Crippen molar-refractivity contribution in [3.8, 4) is 10.7 Å². The van der Waals surface area contributed by atoms with E-state index < -0.39 is 0 Å². The number of anilines is 1. The van der Waals surface area contributed by atoms with Gasteiger partial charge in [-0.25, -0.2) is 15.0 Å². The lowest BCUT2D eigenvalue weighted by Gasteiger charge is -2.27. The van der Waals surface area contributed by atoms with Crippen LogP contribution in [-0.4, -0.2) is 31.4 Å². The van der Waals surface area contributed by atoms with Crippen LogP contribution < -0.4 is 11.3 Å². The molecule has 3 aromatic heterocycles. The first kappa shape index (κ1) is 15.0. The molecule has 8 heteroatoms. The standard InChI is InChI=1S/C16H16N6OS/c17-16-18-6-10(7-19-16)8-22-4-3-12-11(9-22)15(23)21-14(20-12)13-2-1-5-24-13/h1-2,5-7H,3-4,8-9H2,(H2,17,18,19)(H,20,21,23). The van der Waals surface area contributed by atoms with Crippen molar-refractivity contribution in [2.24, 2.45) is 0 Å². The van der Waals surface area contributed by atoms with Crippen LogP contribution in [0.4, 0.5) is 5.95 Å². The lowest BCUT2D eigenvalue weighted by molar-refractivity contribution is 0.241. The molecule has 4 heterocycles. The van der Waals surface area contributed by atoms with Crippen molar-refractivity contribution in [2.45, 2.75) is 19.5 Å². The van der Waals surface area contributed by atoms with Crippen molar-refractivity contribution >= 4 is 17.3 Å². The highest BCUT2D eigenvalue weighted by molar-refractivity contribution is 7.13. The van der Waals surface area contributed by atoms with Gasteiger partial charge in [-0.2, -0.15) is 0 Å². The van der Waals surface area contributed by atoms with Crippen LogP contribution in [-0.2, 0) is 19.5 Å². The van der Waals surface area contributed by atoms with Crippen LogP contribution in [0.25, 0.3) is 10.7 Å². The van der Waals surface area contributed by atoms with Crippen molar-refractivity contribution in [2.75, 3.05) is 12.3 Å². The monoisotopic (exact) mass is 340 g/mol. The molecule has 24 heavy (non-hydrogen) atoms. The quantitative estimate of drug-likeness (QED) is 0.748. The maximum Gasteiger partial charge on any atom is 0.255 e. The fourth-order valence-corrected chi connectivity index (χ4v) is 3.52. The van der Waals surface area contributed by atoms with Gasteiger partial charge in [-0.1, -0.05) is 6.07 Å². The minimum Gasteiger partial charge on any atom is -0.368 e. The molecule has 7 nitrogen and oxygen atoms in total. The first-order chi connectivity index (χ1) is 11.7. The summed E-state index contributed by atoms with van der Waals surface area (Å²) in [6.45, 7) is 2.11. The normalized spacial score (nSPS) is 14.5. The molecule has 0 aliphatic carbocycles. The van der Waals surface area contributed by atoms with E-state index in [9.17, 15) is 4.79 Å². The van der Waals surface area contributed by atoms with Crippen molar-refractivity contribution in [1.29, 1.82) is 0 Å². The number of hydrogen-bond acceptors (Lipinski definition) is 7. The molecule has 0 aromatic carbocycles. The number of hydrogen-bond donors (Lipinski definition) is 2. The van der Waals surface area contributed by atoms with E-state index in [4.69, 9.17) is 5.73 Å². The van der Waals surface area contributed by atoms with Gasteiger partial charge in [-0.15, -0.1) is 11.3 Å². The van der Waals surface area contributed by atoms with Gasteiger partial charge < -0.3 is 10.7 Å². The number of H-pyrrole nitrogens is 1. The number of aromatic amines is 1. The van der Waals surface area contributed by atoms with E-state index in [1.165, 1.54) is 0 Å². The molecule has 0 amide bonds. The number of aromatic nitrogens is 4. The molecular formula is C16H16N6OS. The molecule has 0 spiro atoms. The molecule has 1 aliphatic rings. The van der Waals surface area contributed by atoms with Crippen LogP contribution in [0.3, 0.4) is 0 Å². The summed E-state index contributed by atoms with van der Waals surface area (Å²) in [5.41, 5.74) is 8.08. The lowest BCUT2D eigenvalue weighted by Crippen LogP contribution is -2.35. The maximum atomic E-state index is 12.5. The molecular weight excluding hydrogens is 324 g/mol. The summed E-state index contributed by atoms with van der Waals surface area (Å²) in [7, 11) is 0. The third kappa shape index (κ3) is 2.93. The highest BCUT2D eigenvalue weighted by Crippen LogP contribution is 2.22. The summed E-state index contributed by atoms with van der Waals surface area (Å²) >= 11 is 1.57. The third-order valence-electron chi connectivity index (χ3n) is 4.03. The molecule has 0 bridgehead atoms. The topological polar surface area (TPSA) is 101 Å². The molecule has 3 aromatic rings.